The van der Waals surface area contributed by atoms with Crippen molar-refractivity contribution >= 4 is 23.2 Å². The minimum absolute atomic E-state index is 0.211. The van der Waals surface area contributed by atoms with Gasteiger partial charge in [0.1, 0.15) is 5.82 Å². The van der Waals surface area contributed by atoms with E-state index in [2.05, 4.69) is 0 Å². The van der Waals surface area contributed by atoms with Crippen LogP contribution in [0.4, 0.5) is 30.7 Å². The third kappa shape index (κ3) is 6.05. The van der Waals surface area contributed by atoms with E-state index < -0.39 is 58.2 Å². The lowest BCUT2D eigenvalue weighted by Gasteiger charge is -2.35. The van der Waals surface area contributed by atoms with E-state index in [1.807, 2.05) is 0 Å². The van der Waals surface area contributed by atoms with Crippen molar-refractivity contribution in [3.63, 3.8) is 0 Å². The molecule has 0 aliphatic heterocycles. The van der Waals surface area contributed by atoms with Crippen molar-refractivity contribution in [2.75, 3.05) is 0 Å². The lowest BCUT2D eigenvalue weighted by atomic mass is 9.76. The van der Waals surface area contributed by atoms with Gasteiger partial charge in [0.2, 0.25) is 0 Å². The highest BCUT2D eigenvalue weighted by atomic mass is 35.5. The highest BCUT2D eigenvalue weighted by Gasteiger charge is 2.54. The van der Waals surface area contributed by atoms with E-state index in [1.54, 1.807) is 38.1 Å². The number of alkyl halides is 6. The van der Waals surface area contributed by atoms with Crippen LogP contribution in [0, 0.1) is 5.82 Å². The van der Waals surface area contributed by atoms with Gasteiger partial charge in [-0.1, -0.05) is 49.2 Å². The molecule has 0 amide bonds. The topological polar surface area (TPSA) is 20.2 Å². The molecule has 1 unspecified atom stereocenters. The largest absolute Gasteiger partial charge is 0.417 e. The normalized spacial score (nSPS) is 15.1. The van der Waals surface area contributed by atoms with Crippen LogP contribution in [0.3, 0.4) is 0 Å². The van der Waals surface area contributed by atoms with E-state index in [4.69, 9.17) is 23.2 Å². The summed E-state index contributed by atoms with van der Waals surface area (Å²) in [7, 11) is 0. The first-order chi connectivity index (χ1) is 14.0. The van der Waals surface area contributed by atoms with Gasteiger partial charge in [0.25, 0.3) is 0 Å². The van der Waals surface area contributed by atoms with Gasteiger partial charge in [-0.3, -0.25) is 0 Å². The molecule has 2 rings (SSSR count). The average Bonchev–Trinajstić information content (AvgIpc) is 2.62. The highest BCUT2D eigenvalue weighted by molar-refractivity contribution is 6.31. The summed E-state index contributed by atoms with van der Waals surface area (Å²) in [6, 6.07) is 6.96. The van der Waals surface area contributed by atoms with Crippen molar-refractivity contribution < 1.29 is 35.8 Å². The smallest absolute Gasteiger partial charge is 0.380 e. The van der Waals surface area contributed by atoms with Crippen molar-refractivity contribution in [2.45, 2.75) is 56.5 Å². The lowest BCUT2D eigenvalue weighted by Crippen LogP contribution is -2.48. The van der Waals surface area contributed by atoms with E-state index in [0.29, 0.717) is 10.6 Å². The van der Waals surface area contributed by atoms with Gasteiger partial charge in [-0.05, 0) is 53.6 Å². The third-order valence-corrected chi connectivity index (χ3v) is 5.72. The Morgan fingerprint density at radius 3 is 2.00 bits per heavy atom. The Hall–Kier alpha value is -1.51. The number of hydrogen-bond acceptors (Lipinski definition) is 1. The predicted octanol–water partition coefficient (Wildman–Crippen LogP) is 7.75. The fraction of sp³-hybridized carbons (Fsp3) is 0.429. The van der Waals surface area contributed by atoms with E-state index in [-0.39, 0.29) is 18.6 Å². The second-order valence-corrected chi connectivity index (χ2v) is 8.87. The maximum atomic E-state index is 14.3. The minimum atomic E-state index is -5.23. The molecule has 0 bridgehead atoms. The summed E-state index contributed by atoms with van der Waals surface area (Å²) in [4.78, 5) is 0. The maximum Gasteiger partial charge on any atom is 0.417 e. The first kappa shape index (κ1) is 25.7. The SMILES string of the molecule is CC(C)(CCC(O)(Cc1cc(C(F)(F)F)cc(Cl)c1F)C(F)(F)F)c1cccc(Cl)c1. The molecular weight excluding hydrogens is 472 g/mol. The molecule has 0 saturated heterocycles. The maximum absolute atomic E-state index is 14.3. The standard InChI is InChI=1S/C21H19Cl2F7O/c1-18(2,13-4-3-5-15(22)9-13)6-7-19(31,21(28,29)30)11-12-8-14(20(25,26)27)10-16(23)17(12)24/h3-5,8-10,31H,6-7,11H2,1-2H3. The molecular formula is C21H19Cl2F7O. The monoisotopic (exact) mass is 490 g/mol. The van der Waals surface area contributed by atoms with Crippen LogP contribution < -0.4 is 0 Å². The van der Waals surface area contributed by atoms with E-state index in [9.17, 15) is 35.8 Å². The van der Waals surface area contributed by atoms with Crippen molar-refractivity contribution in [1.29, 1.82) is 0 Å². The molecule has 2 aromatic rings. The van der Waals surface area contributed by atoms with Gasteiger partial charge in [-0.15, -0.1) is 0 Å². The zero-order valence-corrected chi connectivity index (χ0v) is 17.9. The number of rotatable bonds is 6. The Morgan fingerprint density at radius 1 is 0.871 bits per heavy atom. The molecule has 0 heterocycles. The Labute approximate surface area is 184 Å². The van der Waals surface area contributed by atoms with Crippen LogP contribution in [-0.2, 0) is 18.0 Å². The quantitative estimate of drug-likeness (QED) is 0.410. The minimum Gasteiger partial charge on any atom is -0.380 e. The van der Waals surface area contributed by atoms with Crippen molar-refractivity contribution in [3.05, 3.63) is 69.0 Å². The van der Waals surface area contributed by atoms with Crippen LogP contribution in [0.5, 0.6) is 0 Å². The molecule has 0 aliphatic rings. The zero-order valence-electron chi connectivity index (χ0n) is 16.4. The fourth-order valence-corrected chi connectivity index (χ4v) is 3.59. The van der Waals surface area contributed by atoms with Gasteiger partial charge in [0, 0.05) is 11.4 Å². The molecule has 1 atom stereocenters. The van der Waals surface area contributed by atoms with Crippen LogP contribution in [0.1, 0.15) is 43.4 Å². The van der Waals surface area contributed by atoms with E-state index in [1.165, 1.54) is 0 Å². The summed E-state index contributed by atoms with van der Waals surface area (Å²) >= 11 is 11.4. The third-order valence-electron chi connectivity index (χ3n) is 5.21. The van der Waals surface area contributed by atoms with Crippen molar-refractivity contribution in [2.24, 2.45) is 0 Å². The van der Waals surface area contributed by atoms with Crippen LogP contribution >= 0.6 is 23.2 Å². The van der Waals surface area contributed by atoms with Gasteiger partial charge in [0.15, 0.2) is 5.60 Å². The van der Waals surface area contributed by atoms with Crippen LogP contribution in [-0.4, -0.2) is 16.9 Å². The fourth-order valence-electron chi connectivity index (χ4n) is 3.16. The second-order valence-electron chi connectivity index (χ2n) is 8.03. The Balaban J connectivity index is 2.39. The molecule has 0 spiro atoms. The summed E-state index contributed by atoms with van der Waals surface area (Å²) in [5.41, 5.74) is -6.11. The summed E-state index contributed by atoms with van der Waals surface area (Å²) in [5.74, 6) is -1.44. The molecule has 0 aromatic heterocycles. The first-order valence-electron chi connectivity index (χ1n) is 9.06. The van der Waals surface area contributed by atoms with Gasteiger partial charge < -0.3 is 5.11 Å². The van der Waals surface area contributed by atoms with E-state index in [0.717, 1.165) is 0 Å². The molecule has 172 valence electrons. The molecule has 0 aliphatic carbocycles. The van der Waals surface area contributed by atoms with Crippen LogP contribution in [0.2, 0.25) is 10.0 Å². The van der Waals surface area contributed by atoms with Gasteiger partial charge in [0.05, 0.1) is 10.6 Å². The summed E-state index contributed by atoms with van der Waals surface area (Å²) in [5, 5.41) is 9.83. The average molecular weight is 491 g/mol. The Kier molecular flexibility index (Phi) is 7.30. The Morgan fingerprint density at radius 2 is 1.48 bits per heavy atom. The lowest BCUT2D eigenvalue weighted by molar-refractivity contribution is -0.263. The van der Waals surface area contributed by atoms with E-state index >= 15 is 0 Å². The van der Waals surface area contributed by atoms with Crippen molar-refractivity contribution in [3.8, 4) is 0 Å². The van der Waals surface area contributed by atoms with Crippen LogP contribution in [0.25, 0.3) is 0 Å². The molecule has 0 saturated carbocycles. The summed E-state index contributed by atoms with van der Waals surface area (Å²) in [6.07, 6.45) is -12.7. The molecule has 31 heavy (non-hydrogen) atoms. The van der Waals surface area contributed by atoms with Crippen molar-refractivity contribution in [1.82, 2.24) is 0 Å². The van der Waals surface area contributed by atoms with Gasteiger partial charge in [-0.2, -0.15) is 26.3 Å². The molecule has 1 N–H and O–H groups in total. The number of aliphatic hydroxyl groups is 1. The summed E-state index contributed by atoms with van der Waals surface area (Å²) < 4.78 is 94.5. The van der Waals surface area contributed by atoms with Crippen LogP contribution in [0.15, 0.2) is 36.4 Å². The Bertz CT molecular complexity index is 938. The molecule has 2 aromatic carbocycles. The molecule has 10 heteroatoms. The first-order valence-corrected chi connectivity index (χ1v) is 9.82. The molecule has 1 nitrogen and oxygen atoms in total. The van der Waals surface area contributed by atoms with Gasteiger partial charge >= 0.3 is 12.4 Å². The number of hydrogen-bond donors (Lipinski definition) is 1. The summed E-state index contributed by atoms with van der Waals surface area (Å²) in [6.45, 7) is 3.27. The number of benzene rings is 2. The highest BCUT2D eigenvalue weighted by Crippen LogP contribution is 2.42. The van der Waals surface area contributed by atoms with Gasteiger partial charge in [-0.25, -0.2) is 4.39 Å². The molecule has 0 fully saturated rings. The number of halogens is 9. The second kappa shape index (κ2) is 8.79. The zero-order chi connectivity index (χ0) is 23.8. The predicted molar refractivity (Wildman–Crippen MR) is 105 cm³/mol. The molecule has 0 radical (unpaired) electrons.